The summed E-state index contributed by atoms with van der Waals surface area (Å²) in [5.74, 6) is -0.338. The Morgan fingerprint density at radius 3 is 2.37 bits per heavy atom. The van der Waals surface area contributed by atoms with E-state index in [1.165, 1.54) is 10.7 Å². The molecule has 1 heterocycles. The van der Waals surface area contributed by atoms with Crippen molar-refractivity contribution in [2.45, 2.75) is 19.9 Å². The van der Waals surface area contributed by atoms with Crippen molar-refractivity contribution in [3.05, 3.63) is 80.1 Å². The van der Waals surface area contributed by atoms with Gasteiger partial charge in [-0.15, -0.1) is 0 Å². The van der Waals surface area contributed by atoms with E-state index < -0.39 is 0 Å². The van der Waals surface area contributed by atoms with Gasteiger partial charge in [0.1, 0.15) is 0 Å². The van der Waals surface area contributed by atoms with Gasteiger partial charge in [-0.05, 0) is 49.2 Å². The van der Waals surface area contributed by atoms with Crippen LogP contribution in [0.4, 0.5) is 0 Å². The first-order valence-electron chi connectivity index (χ1n) is 8.48. The van der Waals surface area contributed by atoms with Gasteiger partial charge in [0, 0.05) is 28.2 Å². The number of aromatic nitrogens is 2. The maximum atomic E-state index is 12.2. The summed E-state index contributed by atoms with van der Waals surface area (Å²) in [6.45, 7) is 2.59. The van der Waals surface area contributed by atoms with Gasteiger partial charge >= 0.3 is 5.97 Å². The topological polar surface area (TPSA) is 64.1 Å². The highest BCUT2D eigenvalue weighted by atomic mass is 35.5. The van der Waals surface area contributed by atoms with Gasteiger partial charge in [-0.1, -0.05) is 35.3 Å². The van der Waals surface area contributed by atoms with Crippen molar-refractivity contribution < 1.29 is 9.53 Å². The number of carbonyl (C=O) groups is 1. The predicted octanol–water partition coefficient (Wildman–Crippen LogP) is 4.57. The number of ether oxygens (including phenoxy) is 1. The summed E-state index contributed by atoms with van der Waals surface area (Å²) < 4.78 is 6.50. The van der Waals surface area contributed by atoms with Gasteiger partial charge < -0.3 is 4.74 Å². The molecule has 0 bridgehead atoms. The average molecular weight is 405 g/mol. The molecule has 3 aromatic rings. The number of esters is 1. The highest BCUT2D eigenvalue weighted by Crippen LogP contribution is 2.25. The van der Waals surface area contributed by atoms with Crippen LogP contribution in [0.25, 0.3) is 11.3 Å². The largest absolute Gasteiger partial charge is 0.462 e. The molecule has 0 aliphatic heterocycles. The molecule has 7 heteroatoms. The highest BCUT2D eigenvalue weighted by molar-refractivity contribution is 6.35. The fourth-order valence-electron chi connectivity index (χ4n) is 2.72. The molecule has 140 valence electrons. The Morgan fingerprint density at radius 1 is 1.07 bits per heavy atom. The minimum Gasteiger partial charge on any atom is -0.462 e. The van der Waals surface area contributed by atoms with Crippen molar-refractivity contribution in [3.63, 3.8) is 0 Å². The molecule has 2 aromatic carbocycles. The van der Waals surface area contributed by atoms with Crippen LogP contribution in [0, 0.1) is 0 Å². The number of aryl methyl sites for hydroxylation is 2. The lowest BCUT2D eigenvalue weighted by molar-refractivity contribution is 0.0526. The molecule has 0 unspecified atom stereocenters. The summed E-state index contributed by atoms with van der Waals surface area (Å²) in [4.78, 5) is 23.9. The molecule has 5 nitrogen and oxygen atoms in total. The molecule has 0 saturated heterocycles. The van der Waals surface area contributed by atoms with Crippen LogP contribution in [0.5, 0.6) is 0 Å². The van der Waals surface area contributed by atoms with E-state index in [2.05, 4.69) is 5.10 Å². The lowest BCUT2D eigenvalue weighted by atomic mass is 10.1. The van der Waals surface area contributed by atoms with Crippen molar-refractivity contribution in [2.24, 2.45) is 0 Å². The van der Waals surface area contributed by atoms with Crippen LogP contribution in [0.1, 0.15) is 22.8 Å². The van der Waals surface area contributed by atoms with Gasteiger partial charge in [0.25, 0.3) is 5.56 Å². The Kier molecular flexibility index (Phi) is 6.04. The molecule has 0 radical (unpaired) electrons. The molecule has 27 heavy (non-hydrogen) atoms. The Labute approximate surface area is 166 Å². The average Bonchev–Trinajstić information content (AvgIpc) is 3.01. The van der Waals surface area contributed by atoms with E-state index in [0.29, 0.717) is 40.9 Å². The molecular formula is C20H18Cl2N2O3. The molecule has 0 aliphatic carbocycles. The van der Waals surface area contributed by atoms with E-state index in [1.54, 1.807) is 37.3 Å². The Hall–Kier alpha value is -2.50. The number of halogens is 2. The maximum absolute atomic E-state index is 12.2. The normalized spacial score (nSPS) is 10.8. The standard InChI is InChI=1S/C20H18Cl2N2O3/c1-2-27-20(26)14-5-3-13(4-6-14)7-8-24-19(25)12-18(23-24)15-9-16(21)11-17(22)10-15/h3-6,9-12,23H,2,7-8H2,1H3. The van der Waals surface area contributed by atoms with E-state index in [0.717, 1.165) is 11.1 Å². The van der Waals surface area contributed by atoms with E-state index in [4.69, 9.17) is 27.9 Å². The molecule has 0 atom stereocenters. The Morgan fingerprint density at radius 2 is 1.74 bits per heavy atom. The number of rotatable bonds is 6. The number of nitrogens with one attached hydrogen (secondary N) is 1. The van der Waals surface area contributed by atoms with Crippen LogP contribution in [0.3, 0.4) is 0 Å². The minimum atomic E-state index is -0.338. The second-order valence-electron chi connectivity index (χ2n) is 5.99. The molecule has 1 aromatic heterocycles. The van der Waals surface area contributed by atoms with Crippen LogP contribution in [0.15, 0.2) is 53.3 Å². The van der Waals surface area contributed by atoms with Crippen LogP contribution in [-0.2, 0) is 17.7 Å². The van der Waals surface area contributed by atoms with Gasteiger partial charge in [0.15, 0.2) is 0 Å². The summed E-state index contributed by atoms with van der Waals surface area (Å²) in [5, 5.41) is 4.10. The Bertz CT molecular complexity index is 987. The fraction of sp³-hybridized carbons (Fsp3) is 0.200. The summed E-state index contributed by atoms with van der Waals surface area (Å²) in [6.07, 6.45) is 0.638. The van der Waals surface area contributed by atoms with Crippen LogP contribution < -0.4 is 5.56 Å². The quantitative estimate of drug-likeness (QED) is 0.611. The smallest absolute Gasteiger partial charge is 0.338 e. The van der Waals surface area contributed by atoms with Gasteiger partial charge in [0.2, 0.25) is 0 Å². The zero-order valence-corrected chi connectivity index (χ0v) is 16.2. The number of carbonyl (C=O) groups excluding carboxylic acids is 1. The third-order valence-corrected chi connectivity index (χ3v) is 4.49. The third kappa shape index (κ3) is 4.81. The van der Waals surface area contributed by atoms with Crippen molar-refractivity contribution in [3.8, 4) is 11.3 Å². The number of nitrogens with zero attached hydrogens (tertiary/aromatic N) is 1. The van der Waals surface area contributed by atoms with Crippen LogP contribution >= 0.6 is 23.2 Å². The molecule has 0 fully saturated rings. The molecule has 0 saturated carbocycles. The number of hydrogen-bond acceptors (Lipinski definition) is 3. The van der Waals surface area contributed by atoms with E-state index in [9.17, 15) is 9.59 Å². The van der Waals surface area contributed by atoms with Gasteiger partial charge in [-0.25, -0.2) is 4.79 Å². The molecular weight excluding hydrogens is 387 g/mol. The molecule has 0 aliphatic rings. The summed E-state index contributed by atoms with van der Waals surface area (Å²) in [5.41, 5.74) is 2.79. The van der Waals surface area contributed by atoms with E-state index in [1.807, 2.05) is 12.1 Å². The first-order valence-corrected chi connectivity index (χ1v) is 9.24. The van der Waals surface area contributed by atoms with Crippen LogP contribution in [-0.4, -0.2) is 22.4 Å². The second kappa shape index (κ2) is 8.46. The SMILES string of the molecule is CCOC(=O)c1ccc(CCn2[nH]c(-c3cc(Cl)cc(Cl)c3)cc2=O)cc1. The van der Waals surface area contributed by atoms with E-state index in [-0.39, 0.29) is 11.5 Å². The monoisotopic (exact) mass is 404 g/mol. The van der Waals surface area contributed by atoms with E-state index >= 15 is 0 Å². The van der Waals surface area contributed by atoms with Crippen LogP contribution in [0.2, 0.25) is 10.0 Å². The third-order valence-electron chi connectivity index (χ3n) is 4.05. The number of H-pyrrole nitrogens is 1. The zero-order chi connectivity index (χ0) is 19.4. The lowest BCUT2D eigenvalue weighted by Gasteiger charge is -2.05. The number of aromatic amines is 1. The minimum absolute atomic E-state index is 0.135. The van der Waals surface area contributed by atoms with Crippen molar-refractivity contribution in [1.82, 2.24) is 9.78 Å². The molecule has 0 amide bonds. The molecule has 3 rings (SSSR count). The first kappa shape index (κ1) is 19.3. The second-order valence-corrected chi connectivity index (χ2v) is 6.86. The predicted molar refractivity (Wildman–Crippen MR) is 107 cm³/mol. The number of benzene rings is 2. The first-order chi connectivity index (χ1) is 13.0. The fourth-order valence-corrected chi connectivity index (χ4v) is 3.25. The summed E-state index contributed by atoms with van der Waals surface area (Å²) in [6, 6.07) is 13.8. The summed E-state index contributed by atoms with van der Waals surface area (Å²) in [7, 11) is 0. The van der Waals surface area contributed by atoms with Gasteiger partial charge in [-0.3, -0.25) is 14.6 Å². The highest BCUT2D eigenvalue weighted by Gasteiger charge is 2.09. The van der Waals surface area contributed by atoms with Gasteiger partial charge in [-0.2, -0.15) is 0 Å². The summed E-state index contributed by atoms with van der Waals surface area (Å²) >= 11 is 12.1. The lowest BCUT2D eigenvalue weighted by Crippen LogP contribution is -2.17. The Balaban J connectivity index is 1.71. The zero-order valence-electron chi connectivity index (χ0n) is 14.7. The molecule has 1 N–H and O–H groups in total. The van der Waals surface area contributed by atoms with Crippen molar-refractivity contribution >= 4 is 29.2 Å². The van der Waals surface area contributed by atoms with Crippen molar-refractivity contribution in [2.75, 3.05) is 6.61 Å². The molecule has 0 spiro atoms. The maximum Gasteiger partial charge on any atom is 0.338 e. The van der Waals surface area contributed by atoms with Crippen molar-refractivity contribution in [1.29, 1.82) is 0 Å². The van der Waals surface area contributed by atoms with Gasteiger partial charge in [0.05, 0.1) is 17.9 Å². The number of hydrogen-bond donors (Lipinski definition) is 1.